The zero-order valence-electron chi connectivity index (χ0n) is 14.3. The van der Waals surface area contributed by atoms with Gasteiger partial charge >= 0.3 is 0 Å². The molecule has 1 saturated heterocycles. The van der Waals surface area contributed by atoms with E-state index in [1.807, 2.05) is 11.8 Å². The first kappa shape index (κ1) is 24.0. The van der Waals surface area contributed by atoms with Gasteiger partial charge in [-0.15, -0.1) is 24.8 Å². The lowest BCUT2D eigenvalue weighted by Gasteiger charge is -2.30. The molecule has 2 heterocycles. The van der Waals surface area contributed by atoms with Crippen molar-refractivity contribution in [3.8, 4) is 0 Å². The number of rotatable bonds is 8. The van der Waals surface area contributed by atoms with Gasteiger partial charge in [0, 0.05) is 37.1 Å². The van der Waals surface area contributed by atoms with Crippen molar-refractivity contribution in [1.82, 2.24) is 15.5 Å². The van der Waals surface area contributed by atoms with E-state index in [9.17, 15) is 4.79 Å². The fourth-order valence-corrected chi connectivity index (χ4v) is 4.50. The van der Waals surface area contributed by atoms with Gasteiger partial charge in [-0.05, 0) is 35.5 Å². The van der Waals surface area contributed by atoms with Crippen LogP contribution >= 0.6 is 47.9 Å². The van der Waals surface area contributed by atoms with Crippen LogP contribution in [0.1, 0.15) is 31.9 Å². The maximum Gasteiger partial charge on any atom is 0.221 e. The van der Waals surface area contributed by atoms with Crippen LogP contribution < -0.4 is 10.6 Å². The summed E-state index contributed by atoms with van der Waals surface area (Å²) >= 11 is 3.65. The number of hydrogen-bond donors (Lipinski definition) is 2. The van der Waals surface area contributed by atoms with Crippen LogP contribution in [-0.4, -0.2) is 54.5 Å². The van der Waals surface area contributed by atoms with E-state index in [2.05, 4.69) is 46.2 Å². The van der Waals surface area contributed by atoms with Gasteiger partial charge in [-0.25, -0.2) is 0 Å². The normalized spacial score (nSPS) is 18.4. The van der Waals surface area contributed by atoms with Crippen molar-refractivity contribution in [2.45, 2.75) is 32.4 Å². The number of amides is 1. The van der Waals surface area contributed by atoms with Crippen molar-refractivity contribution in [3.63, 3.8) is 0 Å². The van der Waals surface area contributed by atoms with Crippen LogP contribution in [0.2, 0.25) is 0 Å². The number of thioether (sulfide) groups is 1. The first-order valence-electron chi connectivity index (χ1n) is 8.08. The minimum atomic E-state index is 0. The summed E-state index contributed by atoms with van der Waals surface area (Å²) in [5.41, 5.74) is 1.31. The molecule has 0 spiro atoms. The largest absolute Gasteiger partial charge is 0.354 e. The fourth-order valence-electron chi connectivity index (χ4n) is 2.84. The summed E-state index contributed by atoms with van der Waals surface area (Å²) in [5, 5.41) is 10.9. The molecule has 2 unspecified atom stereocenters. The molecule has 1 aromatic heterocycles. The Bertz CT molecular complexity index is 439. The van der Waals surface area contributed by atoms with E-state index < -0.39 is 0 Å². The lowest BCUT2D eigenvalue weighted by atomic mass is 10.1. The highest BCUT2D eigenvalue weighted by atomic mass is 35.5. The number of halogens is 2. The van der Waals surface area contributed by atoms with E-state index in [0.717, 1.165) is 31.1 Å². The lowest BCUT2D eigenvalue weighted by Crippen LogP contribution is -2.43. The highest BCUT2D eigenvalue weighted by Gasteiger charge is 2.21. The predicted molar refractivity (Wildman–Crippen MR) is 111 cm³/mol. The average molecular weight is 414 g/mol. The summed E-state index contributed by atoms with van der Waals surface area (Å²) < 4.78 is 0. The van der Waals surface area contributed by atoms with Crippen LogP contribution in [0.4, 0.5) is 0 Å². The Kier molecular flexibility index (Phi) is 13.3. The predicted octanol–water partition coefficient (Wildman–Crippen LogP) is 3.19. The molecule has 2 atom stereocenters. The van der Waals surface area contributed by atoms with Crippen molar-refractivity contribution >= 4 is 53.8 Å². The molecule has 2 N–H and O–H groups in total. The maximum absolute atomic E-state index is 12.2. The summed E-state index contributed by atoms with van der Waals surface area (Å²) in [7, 11) is 0. The molecule has 0 aromatic carbocycles. The van der Waals surface area contributed by atoms with Gasteiger partial charge in [0.2, 0.25) is 5.91 Å². The summed E-state index contributed by atoms with van der Waals surface area (Å²) in [4.78, 5) is 14.6. The molecule has 1 aliphatic heterocycles. The monoisotopic (exact) mass is 413 g/mol. The van der Waals surface area contributed by atoms with Gasteiger partial charge in [0.15, 0.2) is 0 Å². The zero-order chi connectivity index (χ0) is 15.8. The zero-order valence-corrected chi connectivity index (χ0v) is 17.6. The van der Waals surface area contributed by atoms with Crippen molar-refractivity contribution in [2.75, 3.05) is 37.7 Å². The number of carbonyl (C=O) groups is 1. The number of carbonyl (C=O) groups excluding carboxylic acids is 1. The molecule has 0 bridgehead atoms. The number of nitrogens with one attached hydrogen (secondary N) is 2. The minimum absolute atomic E-state index is 0. The number of hydrogen-bond acceptors (Lipinski definition) is 5. The molecule has 8 heteroatoms. The molecule has 140 valence electrons. The third-order valence-electron chi connectivity index (χ3n) is 4.10. The van der Waals surface area contributed by atoms with Gasteiger partial charge in [0.05, 0.1) is 6.04 Å². The molecular weight excluding hydrogens is 385 g/mol. The van der Waals surface area contributed by atoms with E-state index >= 15 is 0 Å². The average Bonchev–Trinajstić information content (AvgIpc) is 3.06. The number of nitrogens with zero attached hydrogens (tertiary/aromatic N) is 1. The molecule has 1 amide bonds. The summed E-state index contributed by atoms with van der Waals surface area (Å²) in [5.74, 6) is 2.35. The second kappa shape index (κ2) is 13.3. The summed E-state index contributed by atoms with van der Waals surface area (Å²) in [6, 6.07) is 2.77. The minimum Gasteiger partial charge on any atom is -0.354 e. The second-order valence-corrected chi connectivity index (χ2v) is 7.46. The maximum atomic E-state index is 12.2. The van der Waals surface area contributed by atoms with Crippen molar-refractivity contribution in [3.05, 3.63) is 22.4 Å². The highest BCUT2D eigenvalue weighted by Crippen LogP contribution is 2.22. The van der Waals surface area contributed by atoms with Gasteiger partial charge in [-0.3, -0.25) is 9.69 Å². The molecule has 4 nitrogen and oxygen atoms in total. The molecule has 0 aliphatic carbocycles. The Labute approximate surface area is 166 Å². The Balaban J connectivity index is 0.00000264. The van der Waals surface area contributed by atoms with Crippen LogP contribution in [0.3, 0.4) is 0 Å². The van der Waals surface area contributed by atoms with Crippen LogP contribution in [0, 0.1) is 0 Å². The third-order valence-corrected chi connectivity index (χ3v) is 5.94. The molecule has 2 rings (SSSR count). The molecule has 1 fully saturated rings. The van der Waals surface area contributed by atoms with Crippen molar-refractivity contribution < 1.29 is 4.79 Å². The third kappa shape index (κ3) is 7.50. The first-order chi connectivity index (χ1) is 10.7. The Hall–Kier alpha value is 0.0200. The smallest absolute Gasteiger partial charge is 0.221 e. The topological polar surface area (TPSA) is 44.4 Å². The standard InChI is InChI=1S/C16H27N3OS2.2ClH/c1-3-19(4-2)15(13-5-7-21-11-13)10-18-16(20)9-14-12-22-8-6-17-14;;/h5,7,11,14-15,17H,3-4,6,8-10,12H2,1-2H3,(H,18,20);2*1H. The second-order valence-electron chi connectivity index (χ2n) is 5.53. The Morgan fingerprint density at radius 1 is 1.42 bits per heavy atom. The summed E-state index contributed by atoms with van der Waals surface area (Å²) in [6.07, 6.45) is 0.585. The molecular formula is C16H29Cl2N3OS2. The first-order valence-corrected chi connectivity index (χ1v) is 10.2. The lowest BCUT2D eigenvalue weighted by molar-refractivity contribution is -0.121. The van der Waals surface area contributed by atoms with Gasteiger partial charge in [-0.1, -0.05) is 13.8 Å². The fraction of sp³-hybridized carbons (Fsp3) is 0.688. The van der Waals surface area contributed by atoms with E-state index in [4.69, 9.17) is 0 Å². The van der Waals surface area contributed by atoms with E-state index in [-0.39, 0.29) is 36.8 Å². The Morgan fingerprint density at radius 2 is 2.17 bits per heavy atom. The van der Waals surface area contributed by atoms with Gasteiger partial charge < -0.3 is 10.6 Å². The molecule has 24 heavy (non-hydrogen) atoms. The molecule has 0 radical (unpaired) electrons. The Morgan fingerprint density at radius 3 is 2.71 bits per heavy atom. The van der Waals surface area contributed by atoms with Gasteiger partial charge in [0.25, 0.3) is 0 Å². The number of thiophene rings is 1. The molecule has 0 saturated carbocycles. The van der Waals surface area contributed by atoms with Crippen molar-refractivity contribution in [1.29, 1.82) is 0 Å². The van der Waals surface area contributed by atoms with Crippen LogP contribution in [0.5, 0.6) is 0 Å². The van der Waals surface area contributed by atoms with E-state index in [1.54, 1.807) is 11.3 Å². The van der Waals surface area contributed by atoms with Gasteiger partial charge in [0.1, 0.15) is 0 Å². The van der Waals surface area contributed by atoms with Gasteiger partial charge in [-0.2, -0.15) is 23.1 Å². The van der Waals surface area contributed by atoms with Crippen LogP contribution in [-0.2, 0) is 4.79 Å². The SMILES string of the molecule is CCN(CC)C(CNC(=O)CC1CSCCN1)c1ccsc1.Cl.Cl. The van der Waals surface area contributed by atoms with E-state index in [1.165, 1.54) is 5.56 Å². The molecule has 1 aliphatic rings. The van der Waals surface area contributed by atoms with Crippen molar-refractivity contribution in [2.24, 2.45) is 0 Å². The quantitative estimate of drug-likeness (QED) is 0.686. The van der Waals surface area contributed by atoms with Crippen LogP contribution in [0.15, 0.2) is 16.8 Å². The summed E-state index contributed by atoms with van der Waals surface area (Å²) in [6.45, 7) is 8.04. The highest BCUT2D eigenvalue weighted by molar-refractivity contribution is 7.99. The molecule has 1 aromatic rings. The van der Waals surface area contributed by atoms with Crippen LogP contribution in [0.25, 0.3) is 0 Å². The van der Waals surface area contributed by atoms with E-state index in [0.29, 0.717) is 19.0 Å². The number of likely N-dealkylation sites (N-methyl/N-ethyl adjacent to an activating group) is 1.